The topological polar surface area (TPSA) is 44.3 Å². The van der Waals surface area contributed by atoms with Gasteiger partial charge in [-0.25, -0.2) is 0 Å². The molecule has 0 spiro atoms. The van der Waals surface area contributed by atoms with Crippen LogP contribution in [0.1, 0.15) is 0 Å². The first-order chi connectivity index (χ1) is 3.79. The molecular formula is C4H7ClN2O. The largest absolute Gasteiger partial charge is 0.495 e. The standard InChI is InChI=1S/C4H7ClN2O/c5-4-6-2-1-3(8)7-4/h1,4,6-8H,2H2. The maximum Gasteiger partial charge on any atom is 0.183 e. The molecule has 8 heavy (non-hydrogen) atoms. The van der Waals surface area contributed by atoms with Gasteiger partial charge in [-0.1, -0.05) is 11.6 Å². The first-order valence-electron chi connectivity index (χ1n) is 2.32. The second kappa shape index (κ2) is 2.24. The molecule has 0 aromatic heterocycles. The molecule has 0 aliphatic carbocycles. The van der Waals surface area contributed by atoms with Gasteiger partial charge in [0.1, 0.15) is 0 Å². The molecule has 3 N–H and O–H groups in total. The lowest BCUT2D eigenvalue weighted by Gasteiger charge is -2.17. The van der Waals surface area contributed by atoms with E-state index in [4.69, 9.17) is 16.7 Å². The number of alkyl halides is 1. The summed E-state index contributed by atoms with van der Waals surface area (Å²) in [5.74, 6) is 0.142. The quantitative estimate of drug-likeness (QED) is 0.325. The smallest absolute Gasteiger partial charge is 0.183 e. The van der Waals surface area contributed by atoms with Gasteiger partial charge in [-0.2, -0.15) is 0 Å². The molecule has 0 bridgehead atoms. The minimum atomic E-state index is -0.333. The van der Waals surface area contributed by atoms with Crippen molar-refractivity contribution in [2.75, 3.05) is 6.54 Å². The summed E-state index contributed by atoms with van der Waals surface area (Å²) in [5.41, 5.74) is -0.333. The summed E-state index contributed by atoms with van der Waals surface area (Å²) >= 11 is 5.49. The Balaban J connectivity index is 2.45. The van der Waals surface area contributed by atoms with Crippen LogP contribution in [-0.4, -0.2) is 17.3 Å². The highest BCUT2D eigenvalue weighted by Crippen LogP contribution is 1.94. The molecule has 3 nitrogen and oxygen atoms in total. The van der Waals surface area contributed by atoms with Crippen molar-refractivity contribution in [3.05, 3.63) is 12.0 Å². The van der Waals surface area contributed by atoms with Crippen LogP contribution in [0.5, 0.6) is 0 Å². The van der Waals surface area contributed by atoms with Gasteiger partial charge in [-0.15, -0.1) is 0 Å². The van der Waals surface area contributed by atoms with Crippen molar-refractivity contribution in [3.8, 4) is 0 Å². The zero-order chi connectivity index (χ0) is 5.98. The van der Waals surface area contributed by atoms with E-state index in [0.717, 1.165) is 0 Å². The molecule has 4 heteroatoms. The zero-order valence-corrected chi connectivity index (χ0v) is 4.94. The monoisotopic (exact) mass is 134 g/mol. The van der Waals surface area contributed by atoms with Crippen molar-refractivity contribution in [1.82, 2.24) is 10.6 Å². The summed E-state index contributed by atoms with van der Waals surface area (Å²) in [5, 5.41) is 14.1. The molecule has 1 atom stereocenters. The average molecular weight is 135 g/mol. The van der Waals surface area contributed by atoms with Gasteiger partial charge in [0.15, 0.2) is 11.5 Å². The van der Waals surface area contributed by atoms with Crippen LogP contribution in [0.2, 0.25) is 0 Å². The molecule has 1 unspecified atom stereocenters. The molecule has 0 aromatic rings. The Labute approximate surface area is 52.3 Å². The second-order valence-corrected chi connectivity index (χ2v) is 1.94. The molecule has 1 rings (SSSR count). The fourth-order valence-electron chi connectivity index (χ4n) is 0.499. The summed E-state index contributed by atoms with van der Waals surface area (Å²) in [4.78, 5) is 0. The van der Waals surface area contributed by atoms with Crippen LogP contribution < -0.4 is 10.6 Å². The lowest BCUT2D eigenvalue weighted by Crippen LogP contribution is -2.41. The second-order valence-electron chi connectivity index (χ2n) is 1.50. The third-order valence-electron chi connectivity index (χ3n) is 0.867. The lowest BCUT2D eigenvalue weighted by molar-refractivity contribution is 0.334. The van der Waals surface area contributed by atoms with Gasteiger partial charge in [0.25, 0.3) is 0 Å². The molecule has 1 aliphatic rings. The normalized spacial score (nSPS) is 28.6. The van der Waals surface area contributed by atoms with E-state index in [9.17, 15) is 0 Å². The summed E-state index contributed by atoms with van der Waals surface area (Å²) < 4.78 is 0. The molecule has 46 valence electrons. The Morgan fingerprint density at radius 3 is 3.00 bits per heavy atom. The summed E-state index contributed by atoms with van der Waals surface area (Å²) in [6.45, 7) is 0.618. The number of rotatable bonds is 0. The van der Waals surface area contributed by atoms with E-state index in [0.29, 0.717) is 6.54 Å². The van der Waals surface area contributed by atoms with E-state index < -0.39 is 0 Å². The van der Waals surface area contributed by atoms with Gasteiger partial charge < -0.3 is 10.4 Å². The number of aliphatic hydroxyl groups is 1. The first-order valence-corrected chi connectivity index (χ1v) is 2.76. The summed E-state index contributed by atoms with van der Waals surface area (Å²) in [6, 6.07) is 0. The van der Waals surface area contributed by atoms with Gasteiger partial charge in [-0.05, 0) is 6.08 Å². The van der Waals surface area contributed by atoms with Crippen LogP contribution in [-0.2, 0) is 0 Å². The van der Waals surface area contributed by atoms with Crippen LogP contribution >= 0.6 is 11.6 Å². The molecule has 0 fully saturated rings. The average Bonchev–Trinajstić information content (AvgIpc) is 1.64. The predicted octanol–water partition coefficient (Wildman–Crippen LogP) is 0.101. The Morgan fingerprint density at radius 2 is 2.62 bits per heavy atom. The lowest BCUT2D eigenvalue weighted by atomic mass is 10.5. The first kappa shape index (κ1) is 5.72. The van der Waals surface area contributed by atoms with Crippen molar-refractivity contribution in [1.29, 1.82) is 0 Å². The van der Waals surface area contributed by atoms with Crippen LogP contribution in [0.4, 0.5) is 0 Å². The third-order valence-corrected chi connectivity index (χ3v) is 1.13. The van der Waals surface area contributed by atoms with Gasteiger partial charge in [0, 0.05) is 6.54 Å². The minimum Gasteiger partial charge on any atom is -0.495 e. The fourth-order valence-corrected chi connectivity index (χ4v) is 0.700. The highest BCUT2D eigenvalue weighted by molar-refractivity contribution is 6.20. The maximum atomic E-state index is 8.71. The number of hydrogen-bond acceptors (Lipinski definition) is 3. The number of halogens is 1. The van der Waals surface area contributed by atoms with Crippen molar-refractivity contribution in [2.24, 2.45) is 0 Å². The highest BCUT2D eigenvalue weighted by Gasteiger charge is 2.06. The Kier molecular flexibility index (Phi) is 1.60. The van der Waals surface area contributed by atoms with E-state index in [1.807, 2.05) is 0 Å². The van der Waals surface area contributed by atoms with E-state index in [1.54, 1.807) is 6.08 Å². The van der Waals surface area contributed by atoms with Gasteiger partial charge in [0.2, 0.25) is 0 Å². The molecule has 0 saturated carbocycles. The van der Waals surface area contributed by atoms with Gasteiger partial charge in [-0.3, -0.25) is 5.32 Å². The Morgan fingerprint density at radius 1 is 1.88 bits per heavy atom. The molecule has 1 aliphatic heterocycles. The van der Waals surface area contributed by atoms with E-state index in [-0.39, 0.29) is 11.5 Å². The third kappa shape index (κ3) is 1.28. The summed E-state index contributed by atoms with van der Waals surface area (Å²) in [7, 11) is 0. The van der Waals surface area contributed by atoms with E-state index in [2.05, 4.69) is 10.6 Å². The molecular weight excluding hydrogens is 128 g/mol. The van der Waals surface area contributed by atoms with Crippen LogP contribution in [0.25, 0.3) is 0 Å². The van der Waals surface area contributed by atoms with Gasteiger partial charge in [0.05, 0.1) is 0 Å². The summed E-state index contributed by atoms with van der Waals surface area (Å²) in [6.07, 6.45) is 1.61. The molecule has 0 saturated heterocycles. The maximum absolute atomic E-state index is 8.71. The Bertz CT molecular complexity index is 115. The van der Waals surface area contributed by atoms with E-state index in [1.165, 1.54) is 0 Å². The van der Waals surface area contributed by atoms with Crippen LogP contribution in [0.3, 0.4) is 0 Å². The predicted molar refractivity (Wildman–Crippen MR) is 31.5 cm³/mol. The molecule has 0 amide bonds. The zero-order valence-electron chi connectivity index (χ0n) is 4.19. The van der Waals surface area contributed by atoms with Gasteiger partial charge >= 0.3 is 0 Å². The van der Waals surface area contributed by atoms with Crippen molar-refractivity contribution >= 4 is 11.6 Å². The SMILES string of the molecule is OC1=CCNC(Cl)N1. The van der Waals surface area contributed by atoms with Crippen molar-refractivity contribution in [3.63, 3.8) is 0 Å². The van der Waals surface area contributed by atoms with Crippen molar-refractivity contribution in [2.45, 2.75) is 5.62 Å². The fraction of sp³-hybridized carbons (Fsp3) is 0.500. The molecule has 0 radical (unpaired) electrons. The highest BCUT2D eigenvalue weighted by atomic mass is 35.5. The molecule has 1 heterocycles. The number of nitrogens with one attached hydrogen (secondary N) is 2. The Hall–Kier alpha value is -0.410. The number of hydrogen-bond donors (Lipinski definition) is 3. The van der Waals surface area contributed by atoms with E-state index >= 15 is 0 Å². The van der Waals surface area contributed by atoms with Crippen LogP contribution in [0.15, 0.2) is 12.0 Å². The van der Waals surface area contributed by atoms with Crippen molar-refractivity contribution < 1.29 is 5.11 Å². The number of aliphatic hydroxyl groups excluding tert-OH is 1. The van der Waals surface area contributed by atoms with Crippen LogP contribution in [0, 0.1) is 0 Å². The minimum absolute atomic E-state index is 0.142. The molecule has 0 aromatic carbocycles.